The van der Waals surface area contributed by atoms with Gasteiger partial charge in [0.25, 0.3) is 0 Å². The van der Waals surface area contributed by atoms with E-state index in [1.54, 1.807) is 11.9 Å². The van der Waals surface area contributed by atoms with E-state index in [0.29, 0.717) is 5.92 Å². The lowest BCUT2D eigenvalue weighted by Gasteiger charge is -2.20. The first kappa shape index (κ1) is 13.5. The molecular formula is C11H21NO3S. The quantitative estimate of drug-likeness (QED) is 0.730. The van der Waals surface area contributed by atoms with Gasteiger partial charge in [0.05, 0.1) is 5.75 Å². The molecule has 0 aromatic heterocycles. The van der Waals surface area contributed by atoms with E-state index in [1.807, 2.05) is 0 Å². The zero-order chi connectivity index (χ0) is 12.2. The van der Waals surface area contributed by atoms with Gasteiger partial charge in [0.2, 0.25) is 5.91 Å². The Labute approximate surface area is 97.9 Å². The Morgan fingerprint density at radius 3 is 2.38 bits per heavy atom. The van der Waals surface area contributed by atoms with Crippen molar-refractivity contribution in [3.8, 4) is 0 Å². The van der Waals surface area contributed by atoms with Crippen molar-refractivity contribution in [2.45, 2.75) is 32.1 Å². The third-order valence-electron chi connectivity index (χ3n) is 3.12. The van der Waals surface area contributed by atoms with Gasteiger partial charge in [-0.25, -0.2) is 8.42 Å². The van der Waals surface area contributed by atoms with Crippen molar-refractivity contribution in [1.82, 2.24) is 4.90 Å². The number of rotatable bonds is 5. The molecule has 0 aromatic rings. The summed E-state index contributed by atoms with van der Waals surface area (Å²) >= 11 is 0. The van der Waals surface area contributed by atoms with Gasteiger partial charge in [-0.05, 0) is 18.8 Å². The van der Waals surface area contributed by atoms with Gasteiger partial charge in [0.15, 0.2) is 0 Å². The zero-order valence-electron chi connectivity index (χ0n) is 10.1. The van der Waals surface area contributed by atoms with Gasteiger partial charge in [0.1, 0.15) is 9.84 Å². The fourth-order valence-electron chi connectivity index (χ4n) is 2.15. The Hall–Kier alpha value is -0.580. The van der Waals surface area contributed by atoms with E-state index in [1.165, 1.54) is 25.7 Å². The van der Waals surface area contributed by atoms with Crippen LogP contribution >= 0.6 is 0 Å². The summed E-state index contributed by atoms with van der Waals surface area (Å²) in [4.78, 5) is 13.3. The van der Waals surface area contributed by atoms with Crippen LogP contribution in [-0.4, -0.2) is 44.8 Å². The minimum absolute atomic E-state index is 0.0408. The number of hydrogen-bond acceptors (Lipinski definition) is 3. The Bertz CT molecular complexity index is 331. The Kier molecular flexibility index (Phi) is 4.77. The van der Waals surface area contributed by atoms with Crippen molar-refractivity contribution in [1.29, 1.82) is 0 Å². The van der Waals surface area contributed by atoms with E-state index in [-0.39, 0.29) is 18.1 Å². The Morgan fingerprint density at radius 2 is 1.88 bits per heavy atom. The highest BCUT2D eigenvalue weighted by atomic mass is 32.2. The minimum Gasteiger partial charge on any atom is -0.345 e. The molecule has 1 amide bonds. The minimum atomic E-state index is -3.03. The fourth-order valence-corrected chi connectivity index (χ4v) is 2.69. The summed E-state index contributed by atoms with van der Waals surface area (Å²) in [6.45, 7) is 0.780. The third-order valence-corrected chi connectivity index (χ3v) is 4.06. The second-order valence-corrected chi connectivity index (χ2v) is 7.06. The SMILES string of the molecule is CN(CC1CCCC1)C(=O)CCS(C)(=O)=O. The molecule has 0 unspecified atom stereocenters. The first-order chi connectivity index (χ1) is 7.38. The van der Waals surface area contributed by atoms with Gasteiger partial charge in [-0.3, -0.25) is 4.79 Å². The zero-order valence-corrected chi connectivity index (χ0v) is 10.9. The van der Waals surface area contributed by atoms with Gasteiger partial charge in [-0.2, -0.15) is 0 Å². The maximum absolute atomic E-state index is 11.6. The molecule has 94 valence electrons. The van der Waals surface area contributed by atoms with Crippen molar-refractivity contribution in [2.75, 3.05) is 25.6 Å². The van der Waals surface area contributed by atoms with E-state index >= 15 is 0 Å². The standard InChI is InChI=1S/C11H21NO3S/c1-12(9-10-5-3-4-6-10)11(13)7-8-16(2,14)15/h10H,3-9H2,1-2H3. The maximum Gasteiger partial charge on any atom is 0.223 e. The molecule has 1 aliphatic carbocycles. The van der Waals surface area contributed by atoms with E-state index in [0.717, 1.165) is 12.8 Å². The molecule has 0 aromatic carbocycles. The molecule has 1 saturated carbocycles. The highest BCUT2D eigenvalue weighted by molar-refractivity contribution is 7.90. The molecule has 0 heterocycles. The molecular weight excluding hydrogens is 226 g/mol. The molecule has 0 atom stereocenters. The van der Waals surface area contributed by atoms with Gasteiger partial charge in [-0.15, -0.1) is 0 Å². The summed E-state index contributed by atoms with van der Waals surface area (Å²) in [5.41, 5.74) is 0. The fraction of sp³-hybridized carbons (Fsp3) is 0.909. The van der Waals surface area contributed by atoms with Crippen LogP contribution in [0.5, 0.6) is 0 Å². The van der Waals surface area contributed by atoms with Crippen LogP contribution in [0.4, 0.5) is 0 Å². The number of carbonyl (C=O) groups is 1. The average Bonchev–Trinajstić information content (AvgIpc) is 2.65. The molecule has 0 spiro atoms. The Morgan fingerprint density at radius 1 is 1.31 bits per heavy atom. The summed E-state index contributed by atoms with van der Waals surface area (Å²) in [5.74, 6) is 0.519. The topological polar surface area (TPSA) is 54.5 Å². The second kappa shape index (κ2) is 5.66. The van der Waals surface area contributed by atoms with Crippen molar-refractivity contribution >= 4 is 15.7 Å². The number of carbonyl (C=O) groups excluding carboxylic acids is 1. The molecule has 1 fully saturated rings. The maximum atomic E-state index is 11.6. The molecule has 0 N–H and O–H groups in total. The first-order valence-electron chi connectivity index (χ1n) is 5.80. The summed E-state index contributed by atoms with van der Waals surface area (Å²) in [6, 6.07) is 0. The van der Waals surface area contributed by atoms with Crippen LogP contribution in [0.2, 0.25) is 0 Å². The largest absolute Gasteiger partial charge is 0.345 e. The van der Waals surface area contributed by atoms with Crippen molar-refractivity contribution in [2.24, 2.45) is 5.92 Å². The molecule has 0 aliphatic heterocycles. The smallest absolute Gasteiger partial charge is 0.223 e. The van der Waals surface area contributed by atoms with E-state index in [4.69, 9.17) is 0 Å². The molecule has 1 aliphatic rings. The van der Waals surface area contributed by atoms with E-state index in [2.05, 4.69) is 0 Å². The van der Waals surface area contributed by atoms with Gasteiger partial charge >= 0.3 is 0 Å². The average molecular weight is 247 g/mol. The lowest BCUT2D eigenvalue weighted by molar-refractivity contribution is -0.130. The van der Waals surface area contributed by atoms with Crippen LogP contribution in [0, 0.1) is 5.92 Å². The van der Waals surface area contributed by atoms with Crippen LogP contribution in [0.3, 0.4) is 0 Å². The van der Waals surface area contributed by atoms with Gasteiger partial charge < -0.3 is 4.90 Å². The highest BCUT2D eigenvalue weighted by Crippen LogP contribution is 2.25. The van der Waals surface area contributed by atoms with E-state index < -0.39 is 9.84 Å². The van der Waals surface area contributed by atoms with Crippen LogP contribution in [0.15, 0.2) is 0 Å². The molecule has 5 heteroatoms. The summed E-state index contributed by atoms with van der Waals surface area (Å²) in [7, 11) is -1.26. The summed E-state index contributed by atoms with van der Waals surface area (Å²) < 4.78 is 21.9. The van der Waals surface area contributed by atoms with Crippen molar-refractivity contribution in [3.63, 3.8) is 0 Å². The predicted octanol–water partition coefficient (Wildman–Crippen LogP) is 1.07. The molecule has 0 radical (unpaired) electrons. The number of hydrogen-bond donors (Lipinski definition) is 0. The molecule has 4 nitrogen and oxygen atoms in total. The number of amides is 1. The summed E-state index contributed by atoms with van der Waals surface area (Å²) in [5, 5.41) is 0. The molecule has 16 heavy (non-hydrogen) atoms. The summed E-state index contributed by atoms with van der Waals surface area (Å²) in [6.07, 6.45) is 6.19. The lowest BCUT2D eigenvalue weighted by Crippen LogP contribution is -2.32. The van der Waals surface area contributed by atoms with Crippen molar-refractivity contribution < 1.29 is 13.2 Å². The second-order valence-electron chi connectivity index (χ2n) is 4.80. The van der Waals surface area contributed by atoms with Crippen LogP contribution in [-0.2, 0) is 14.6 Å². The van der Waals surface area contributed by atoms with Gasteiger partial charge in [-0.1, -0.05) is 12.8 Å². The monoisotopic (exact) mass is 247 g/mol. The normalized spacial score (nSPS) is 17.6. The molecule has 0 saturated heterocycles. The first-order valence-corrected chi connectivity index (χ1v) is 7.86. The molecule has 0 bridgehead atoms. The van der Waals surface area contributed by atoms with Crippen LogP contribution < -0.4 is 0 Å². The molecule has 1 rings (SSSR count). The lowest BCUT2D eigenvalue weighted by atomic mass is 10.1. The van der Waals surface area contributed by atoms with E-state index in [9.17, 15) is 13.2 Å². The predicted molar refractivity (Wildman–Crippen MR) is 63.9 cm³/mol. The number of nitrogens with zero attached hydrogens (tertiary/aromatic N) is 1. The van der Waals surface area contributed by atoms with Crippen LogP contribution in [0.25, 0.3) is 0 Å². The van der Waals surface area contributed by atoms with Crippen LogP contribution in [0.1, 0.15) is 32.1 Å². The van der Waals surface area contributed by atoms with Gasteiger partial charge in [0, 0.05) is 26.3 Å². The Balaban J connectivity index is 2.29. The van der Waals surface area contributed by atoms with Crippen molar-refractivity contribution in [3.05, 3.63) is 0 Å². The number of sulfone groups is 1. The third kappa shape index (κ3) is 4.96. The highest BCUT2D eigenvalue weighted by Gasteiger charge is 2.19.